The van der Waals surface area contributed by atoms with Crippen molar-refractivity contribution < 1.29 is 14.4 Å². The molecular formula is C23H27N5O3. The molecule has 1 aromatic heterocycles. The maximum atomic E-state index is 12.9. The van der Waals surface area contributed by atoms with Crippen LogP contribution in [0.2, 0.25) is 0 Å². The summed E-state index contributed by atoms with van der Waals surface area (Å²) >= 11 is 0. The summed E-state index contributed by atoms with van der Waals surface area (Å²) in [6, 6.07) is 10.6. The number of Topliss-reactive ketones (excluding diaryl/α,β-unsaturated/α-hetero) is 1. The molecule has 0 spiro atoms. The number of hydrogen-bond acceptors (Lipinski definition) is 6. The molecular weight excluding hydrogens is 394 g/mol. The van der Waals surface area contributed by atoms with Gasteiger partial charge in [0.1, 0.15) is 6.04 Å². The standard InChI is InChI=1S/C23H27N5O3/c1-15(29)18-3-2-4-19(13-18)25-22(30)17-7-11-28(12-8-17)23(31)21-14-20(26-27-21)16-5-9-24-10-6-16/h2-6,9-10,13,17,20-21,26-27H,7-8,11-12,14H2,1H3,(H,25,30). The van der Waals surface area contributed by atoms with Crippen molar-refractivity contribution in [3.8, 4) is 0 Å². The number of carbonyl (C=O) groups excluding carboxylic acids is 3. The summed E-state index contributed by atoms with van der Waals surface area (Å²) < 4.78 is 0. The van der Waals surface area contributed by atoms with E-state index in [1.54, 1.807) is 36.7 Å². The largest absolute Gasteiger partial charge is 0.341 e. The van der Waals surface area contributed by atoms with Gasteiger partial charge in [-0.25, -0.2) is 10.9 Å². The molecule has 2 atom stereocenters. The second-order valence-corrected chi connectivity index (χ2v) is 8.14. The van der Waals surface area contributed by atoms with Crippen LogP contribution in [-0.2, 0) is 9.59 Å². The summed E-state index contributed by atoms with van der Waals surface area (Å²) in [5.41, 5.74) is 8.61. The third-order valence-electron chi connectivity index (χ3n) is 6.02. The number of anilines is 1. The monoisotopic (exact) mass is 421 g/mol. The second-order valence-electron chi connectivity index (χ2n) is 8.14. The highest BCUT2D eigenvalue weighted by Gasteiger charge is 2.35. The van der Waals surface area contributed by atoms with Crippen LogP contribution in [0.25, 0.3) is 0 Å². The summed E-state index contributed by atoms with van der Waals surface area (Å²) in [4.78, 5) is 43.0. The van der Waals surface area contributed by atoms with Crippen molar-refractivity contribution in [3.63, 3.8) is 0 Å². The number of aromatic nitrogens is 1. The van der Waals surface area contributed by atoms with Crippen LogP contribution in [0.4, 0.5) is 5.69 Å². The van der Waals surface area contributed by atoms with E-state index in [1.165, 1.54) is 6.92 Å². The van der Waals surface area contributed by atoms with Gasteiger partial charge in [0.25, 0.3) is 0 Å². The van der Waals surface area contributed by atoms with Crippen molar-refractivity contribution in [2.24, 2.45) is 5.92 Å². The van der Waals surface area contributed by atoms with Gasteiger partial charge in [0.15, 0.2) is 5.78 Å². The maximum Gasteiger partial charge on any atom is 0.241 e. The molecule has 2 aliphatic rings. The molecule has 31 heavy (non-hydrogen) atoms. The molecule has 2 fully saturated rings. The lowest BCUT2D eigenvalue weighted by Crippen LogP contribution is -2.49. The summed E-state index contributed by atoms with van der Waals surface area (Å²) in [6.07, 6.45) is 5.42. The van der Waals surface area contributed by atoms with E-state index in [2.05, 4.69) is 21.2 Å². The Labute approximate surface area is 181 Å². The Bertz CT molecular complexity index is 957. The number of benzene rings is 1. The molecule has 162 valence electrons. The Morgan fingerprint density at radius 3 is 2.52 bits per heavy atom. The molecule has 2 amide bonds. The minimum absolute atomic E-state index is 0.0379. The Morgan fingerprint density at radius 2 is 1.81 bits per heavy atom. The predicted octanol–water partition coefficient (Wildman–Crippen LogP) is 2.07. The molecule has 3 N–H and O–H groups in total. The van der Waals surface area contributed by atoms with Crippen LogP contribution in [0.15, 0.2) is 48.8 Å². The molecule has 3 heterocycles. The fourth-order valence-corrected chi connectivity index (χ4v) is 4.18. The number of ketones is 1. The van der Waals surface area contributed by atoms with Crippen LogP contribution in [0.3, 0.4) is 0 Å². The summed E-state index contributed by atoms with van der Waals surface area (Å²) in [6.45, 7) is 2.62. The van der Waals surface area contributed by atoms with Gasteiger partial charge in [-0.05, 0) is 56.0 Å². The highest BCUT2D eigenvalue weighted by atomic mass is 16.2. The number of nitrogens with zero attached hydrogens (tertiary/aromatic N) is 2. The first-order chi connectivity index (χ1) is 15.0. The first-order valence-electron chi connectivity index (χ1n) is 10.6. The SMILES string of the molecule is CC(=O)c1cccc(NC(=O)C2CCN(C(=O)C3CC(c4ccncc4)NN3)CC2)c1. The van der Waals surface area contributed by atoms with Gasteiger partial charge in [-0.15, -0.1) is 0 Å². The molecule has 0 bridgehead atoms. The zero-order valence-electron chi connectivity index (χ0n) is 17.5. The van der Waals surface area contributed by atoms with Crippen LogP contribution in [0.1, 0.15) is 48.1 Å². The number of hydrogen-bond donors (Lipinski definition) is 3. The normalized spacial score (nSPS) is 21.6. The lowest BCUT2D eigenvalue weighted by molar-refractivity contribution is -0.136. The van der Waals surface area contributed by atoms with Crippen LogP contribution in [0, 0.1) is 5.92 Å². The first-order valence-corrected chi connectivity index (χ1v) is 10.6. The zero-order chi connectivity index (χ0) is 21.8. The third kappa shape index (κ3) is 4.98. The smallest absolute Gasteiger partial charge is 0.241 e. The van der Waals surface area contributed by atoms with Gasteiger partial charge >= 0.3 is 0 Å². The van der Waals surface area contributed by atoms with Crippen molar-refractivity contribution in [2.75, 3.05) is 18.4 Å². The second kappa shape index (κ2) is 9.36. The van der Waals surface area contributed by atoms with Crippen molar-refractivity contribution >= 4 is 23.3 Å². The number of hydrazine groups is 1. The number of carbonyl (C=O) groups is 3. The van der Waals surface area contributed by atoms with Gasteiger partial charge in [-0.1, -0.05) is 12.1 Å². The summed E-state index contributed by atoms with van der Waals surface area (Å²) in [5.74, 6) is -0.184. The molecule has 2 aromatic rings. The Hall–Kier alpha value is -3.10. The van der Waals surface area contributed by atoms with Gasteiger partial charge in [0, 0.05) is 48.7 Å². The van der Waals surface area contributed by atoms with Crippen molar-refractivity contribution in [1.82, 2.24) is 20.7 Å². The van der Waals surface area contributed by atoms with Crippen molar-refractivity contribution in [2.45, 2.75) is 38.3 Å². The Morgan fingerprint density at radius 1 is 1.06 bits per heavy atom. The fraction of sp³-hybridized carbons (Fsp3) is 0.391. The van der Waals surface area contributed by atoms with Crippen molar-refractivity contribution in [3.05, 3.63) is 59.9 Å². The molecule has 8 heteroatoms. The van der Waals surface area contributed by atoms with Gasteiger partial charge in [-0.3, -0.25) is 19.4 Å². The van der Waals surface area contributed by atoms with Crippen LogP contribution in [0.5, 0.6) is 0 Å². The quantitative estimate of drug-likeness (QED) is 0.639. The molecule has 8 nitrogen and oxygen atoms in total. The van der Waals surface area contributed by atoms with E-state index >= 15 is 0 Å². The molecule has 0 aliphatic carbocycles. The zero-order valence-corrected chi connectivity index (χ0v) is 17.5. The van der Waals surface area contributed by atoms with Crippen LogP contribution >= 0.6 is 0 Å². The fourth-order valence-electron chi connectivity index (χ4n) is 4.18. The van der Waals surface area contributed by atoms with Gasteiger partial charge < -0.3 is 10.2 Å². The van der Waals surface area contributed by atoms with Gasteiger partial charge in [-0.2, -0.15) is 0 Å². The van der Waals surface area contributed by atoms with Gasteiger partial charge in [0.2, 0.25) is 11.8 Å². The average Bonchev–Trinajstić information content (AvgIpc) is 3.30. The molecule has 1 aromatic carbocycles. The number of nitrogens with one attached hydrogen (secondary N) is 3. The molecule has 0 radical (unpaired) electrons. The summed E-state index contributed by atoms with van der Waals surface area (Å²) in [5, 5.41) is 2.91. The van der Waals surface area contributed by atoms with E-state index in [0.717, 1.165) is 5.56 Å². The highest BCUT2D eigenvalue weighted by molar-refractivity contribution is 5.97. The van der Waals surface area contributed by atoms with E-state index in [-0.39, 0.29) is 35.6 Å². The Balaban J connectivity index is 1.27. The molecule has 2 unspecified atom stereocenters. The molecule has 4 rings (SSSR count). The van der Waals surface area contributed by atoms with E-state index in [4.69, 9.17) is 0 Å². The number of amides is 2. The molecule has 2 aliphatic heterocycles. The molecule has 0 saturated carbocycles. The lowest BCUT2D eigenvalue weighted by Gasteiger charge is -2.32. The minimum atomic E-state index is -0.280. The molecule has 2 saturated heterocycles. The van der Waals surface area contributed by atoms with E-state index < -0.39 is 0 Å². The van der Waals surface area contributed by atoms with Gasteiger partial charge in [0.05, 0.1) is 0 Å². The topological polar surface area (TPSA) is 103 Å². The lowest BCUT2D eigenvalue weighted by atomic mass is 9.94. The first kappa shape index (κ1) is 21.1. The Kier molecular flexibility index (Phi) is 6.39. The van der Waals surface area contributed by atoms with Crippen LogP contribution in [-0.4, -0.2) is 46.6 Å². The number of piperidine rings is 1. The average molecular weight is 422 g/mol. The number of rotatable bonds is 5. The van der Waals surface area contributed by atoms with Crippen LogP contribution < -0.4 is 16.2 Å². The minimum Gasteiger partial charge on any atom is -0.341 e. The van der Waals surface area contributed by atoms with E-state index in [0.29, 0.717) is 43.6 Å². The number of pyridine rings is 1. The third-order valence-corrected chi connectivity index (χ3v) is 6.02. The summed E-state index contributed by atoms with van der Waals surface area (Å²) in [7, 11) is 0. The van der Waals surface area contributed by atoms with E-state index in [1.807, 2.05) is 17.0 Å². The highest BCUT2D eigenvalue weighted by Crippen LogP contribution is 2.25. The van der Waals surface area contributed by atoms with Crippen molar-refractivity contribution in [1.29, 1.82) is 0 Å². The van der Waals surface area contributed by atoms with E-state index in [9.17, 15) is 14.4 Å². The number of likely N-dealkylation sites (tertiary alicyclic amines) is 1. The predicted molar refractivity (Wildman–Crippen MR) is 116 cm³/mol. The maximum absolute atomic E-state index is 12.9.